The maximum Gasteiger partial charge on any atom is 0.245 e. The van der Waals surface area contributed by atoms with Crippen molar-refractivity contribution >= 4 is 27.2 Å². The van der Waals surface area contributed by atoms with Crippen LogP contribution in [-0.2, 0) is 14.8 Å². The Morgan fingerprint density at radius 3 is 2.75 bits per heavy atom. The van der Waals surface area contributed by atoms with E-state index in [1.165, 1.54) is 23.7 Å². The first-order valence-corrected chi connectivity index (χ1v) is 7.96. The van der Waals surface area contributed by atoms with Gasteiger partial charge in [0.2, 0.25) is 10.0 Å². The Morgan fingerprint density at radius 1 is 1.60 bits per heavy atom. The van der Waals surface area contributed by atoms with Gasteiger partial charge in [-0.1, -0.05) is 19.1 Å². The van der Waals surface area contributed by atoms with Gasteiger partial charge in [0.05, 0.1) is 6.61 Å². The second-order valence-corrected chi connectivity index (χ2v) is 6.53. The molecular formula is C12H19N3O3S2. The molecular weight excluding hydrogens is 298 g/mol. The van der Waals surface area contributed by atoms with E-state index in [2.05, 4.69) is 4.98 Å². The molecule has 8 heteroatoms. The van der Waals surface area contributed by atoms with Crippen molar-refractivity contribution in [3.05, 3.63) is 24.0 Å². The smallest absolute Gasteiger partial charge is 0.245 e. The number of hydrogen-bond acceptors (Lipinski definition) is 5. The van der Waals surface area contributed by atoms with Crippen molar-refractivity contribution in [1.29, 1.82) is 0 Å². The standard InChI is InChI=1S/C12H19N3O3S2/c1-4-15(9(2)8-18-3)20(16,17)10-6-5-7-14-11(10)12(13)19/h5-7,9H,4,8H2,1-3H3,(H2,13,19). The van der Waals surface area contributed by atoms with Crippen molar-refractivity contribution in [2.75, 3.05) is 20.3 Å². The molecule has 0 aromatic carbocycles. The zero-order chi connectivity index (χ0) is 15.3. The summed E-state index contributed by atoms with van der Waals surface area (Å²) in [4.78, 5) is 3.95. The molecule has 2 N–H and O–H groups in total. The molecule has 1 aromatic rings. The van der Waals surface area contributed by atoms with Gasteiger partial charge in [0, 0.05) is 25.9 Å². The van der Waals surface area contributed by atoms with Crippen LogP contribution in [0.15, 0.2) is 23.2 Å². The fourth-order valence-corrected chi connectivity index (χ4v) is 3.96. The summed E-state index contributed by atoms with van der Waals surface area (Å²) in [6.45, 7) is 4.16. The van der Waals surface area contributed by atoms with E-state index in [-0.39, 0.29) is 21.6 Å². The van der Waals surface area contributed by atoms with Crippen LogP contribution in [0.2, 0.25) is 0 Å². The molecule has 0 saturated carbocycles. The van der Waals surface area contributed by atoms with Gasteiger partial charge in [-0.05, 0) is 19.1 Å². The van der Waals surface area contributed by atoms with E-state index in [4.69, 9.17) is 22.7 Å². The van der Waals surface area contributed by atoms with Crippen molar-refractivity contribution in [3.63, 3.8) is 0 Å². The SMILES string of the molecule is CCN(C(C)COC)S(=O)(=O)c1cccnc1C(N)=S. The van der Waals surface area contributed by atoms with Crippen molar-refractivity contribution in [2.24, 2.45) is 5.73 Å². The highest BCUT2D eigenvalue weighted by Crippen LogP contribution is 2.20. The molecule has 1 atom stereocenters. The van der Waals surface area contributed by atoms with Crippen molar-refractivity contribution < 1.29 is 13.2 Å². The predicted molar refractivity (Wildman–Crippen MR) is 81.0 cm³/mol. The average molecular weight is 317 g/mol. The normalized spacial score (nSPS) is 13.4. The molecule has 1 aromatic heterocycles. The molecule has 1 unspecified atom stereocenters. The highest BCUT2D eigenvalue weighted by molar-refractivity contribution is 7.89. The third kappa shape index (κ3) is 3.51. The molecule has 0 fully saturated rings. The Balaban J connectivity index is 3.31. The van der Waals surface area contributed by atoms with Gasteiger partial charge in [0.1, 0.15) is 15.6 Å². The molecule has 1 rings (SSSR count). The lowest BCUT2D eigenvalue weighted by Crippen LogP contribution is -2.41. The fourth-order valence-electron chi connectivity index (χ4n) is 1.95. The van der Waals surface area contributed by atoms with E-state index in [1.807, 2.05) is 0 Å². The predicted octanol–water partition coefficient (Wildman–Crippen LogP) is 0.761. The first kappa shape index (κ1) is 17.0. The van der Waals surface area contributed by atoms with Crippen LogP contribution in [0.25, 0.3) is 0 Å². The van der Waals surface area contributed by atoms with E-state index in [9.17, 15) is 8.42 Å². The number of nitrogens with zero attached hydrogens (tertiary/aromatic N) is 2. The molecule has 0 bridgehead atoms. The molecule has 0 aliphatic rings. The van der Waals surface area contributed by atoms with Crippen LogP contribution in [0, 0.1) is 0 Å². The summed E-state index contributed by atoms with van der Waals surface area (Å²) >= 11 is 4.87. The van der Waals surface area contributed by atoms with Gasteiger partial charge in [-0.3, -0.25) is 4.98 Å². The number of ether oxygens (including phenoxy) is 1. The van der Waals surface area contributed by atoms with Gasteiger partial charge in [0.25, 0.3) is 0 Å². The number of pyridine rings is 1. The number of methoxy groups -OCH3 is 1. The minimum Gasteiger partial charge on any atom is -0.388 e. The van der Waals surface area contributed by atoms with Gasteiger partial charge < -0.3 is 10.5 Å². The zero-order valence-electron chi connectivity index (χ0n) is 11.7. The lowest BCUT2D eigenvalue weighted by molar-refractivity contribution is 0.142. The minimum absolute atomic E-state index is 0.0253. The van der Waals surface area contributed by atoms with Crippen molar-refractivity contribution in [2.45, 2.75) is 24.8 Å². The first-order chi connectivity index (χ1) is 9.36. The third-order valence-electron chi connectivity index (χ3n) is 2.80. The van der Waals surface area contributed by atoms with E-state index in [0.29, 0.717) is 13.2 Å². The molecule has 0 saturated heterocycles. The van der Waals surface area contributed by atoms with Gasteiger partial charge >= 0.3 is 0 Å². The van der Waals surface area contributed by atoms with Gasteiger partial charge in [-0.25, -0.2) is 8.42 Å². The molecule has 20 heavy (non-hydrogen) atoms. The number of thiocarbonyl (C=S) groups is 1. The lowest BCUT2D eigenvalue weighted by atomic mass is 10.3. The minimum atomic E-state index is -3.72. The maximum atomic E-state index is 12.7. The van der Waals surface area contributed by atoms with E-state index in [0.717, 1.165) is 0 Å². The molecule has 0 radical (unpaired) electrons. The van der Waals surface area contributed by atoms with Crippen molar-refractivity contribution in [3.8, 4) is 0 Å². The highest BCUT2D eigenvalue weighted by Gasteiger charge is 2.30. The van der Waals surface area contributed by atoms with E-state index in [1.54, 1.807) is 19.9 Å². The number of sulfonamides is 1. The lowest BCUT2D eigenvalue weighted by Gasteiger charge is -2.27. The maximum absolute atomic E-state index is 12.7. The van der Waals surface area contributed by atoms with Gasteiger partial charge in [-0.15, -0.1) is 0 Å². The monoisotopic (exact) mass is 317 g/mol. The van der Waals surface area contributed by atoms with E-state index < -0.39 is 10.0 Å². The summed E-state index contributed by atoms with van der Waals surface area (Å²) in [7, 11) is -2.20. The summed E-state index contributed by atoms with van der Waals surface area (Å²) < 4.78 is 31.8. The average Bonchev–Trinajstić information content (AvgIpc) is 2.39. The summed E-state index contributed by atoms with van der Waals surface area (Å²) in [6.07, 6.45) is 1.46. The molecule has 0 aliphatic heterocycles. The summed E-state index contributed by atoms with van der Waals surface area (Å²) in [5.41, 5.74) is 5.67. The quantitative estimate of drug-likeness (QED) is 0.747. The second kappa shape index (κ2) is 7.07. The first-order valence-electron chi connectivity index (χ1n) is 6.11. The molecule has 0 aliphatic carbocycles. The fraction of sp³-hybridized carbons (Fsp3) is 0.500. The number of rotatable bonds is 7. The second-order valence-electron chi connectivity index (χ2n) is 4.23. The van der Waals surface area contributed by atoms with Crippen LogP contribution in [-0.4, -0.2) is 49.0 Å². The summed E-state index contributed by atoms with van der Waals surface area (Å²) in [6, 6.07) is 2.71. The van der Waals surface area contributed by atoms with Crippen molar-refractivity contribution in [1.82, 2.24) is 9.29 Å². The molecule has 0 spiro atoms. The molecule has 1 heterocycles. The number of aromatic nitrogens is 1. The van der Waals surface area contributed by atoms with Crippen LogP contribution in [0.5, 0.6) is 0 Å². The van der Waals surface area contributed by atoms with Crippen LogP contribution in [0.4, 0.5) is 0 Å². The molecule has 0 amide bonds. The van der Waals surface area contributed by atoms with Crippen LogP contribution >= 0.6 is 12.2 Å². The molecule has 6 nitrogen and oxygen atoms in total. The largest absolute Gasteiger partial charge is 0.388 e. The Hall–Kier alpha value is -1.09. The van der Waals surface area contributed by atoms with Gasteiger partial charge in [0.15, 0.2) is 0 Å². The van der Waals surface area contributed by atoms with Crippen LogP contribution < -0.4 is 5.73 Å². The summed E-state index contributed by atoms with van der Waals surface area (Å²) in [5.74, 6) is 0. The topological polar surface area (TPSA) is 85.5 Å². The van der Waals surface area contributed by atoms with Gasteiger partial charge in [-0.2, -0.15) is 4.31 Å². The number of nitrogens with two attached hydrogens (primary N) is 1. The van der Waals surface area contributed by atoms with E-state index >= 15 is 0 Å². The number of likely N-dealkylation sites (N-methyl/N-ethyl adjacent to an activating group) is 1. The molecule has 112 valence electrons. The zero-order valence-corrected chi connectivity index (χ0v) is 13.4. The highest BCUT2D eigenvalue weighted by atomic mass is 32.2. The van der Waals surface area contributed by atoms with Crippen LogP contribution in [0.1, 0.15) is 19.5 Å². The Kier molecular flexibility index (Phi) is 6.00. The summed E-state index contributed by atoms with van der Waals surface area (Å²) in [5, 5.41) is 0. The Bertz CT molecular complexity index is 575. The Labute approximate surface area is 125 Å². The third-order valence-corrected chi connectivity index (χ3v) is 5.12. The van der Waals surface area contributed by atoms with Crippen LogP contribution in [0.3, 0.4) is 0 Å². The number of hydrogen-bond donors (Lipinski definition) is 1. The Morgan fingerprint density at radius 2 is 2.25 bits per heavy atom.